The number of carboxylic acids is 1. The minimum atomic E-state index is -1.25. The van der Waals surface area contributed by atoms with Gasteiger partial charge in [0, 0.05) is 17.5 Å². The topological polar surface area (TPSA) is 85.3 Å². The molecular formula is C11H9BrN2O3S. The number of pyridine rings is 1. The quantitative estimate of drug-likeness (QED) is 0.884. The molecule has 3 N–H and O–H groups in total. The van der Waals surface area contributed by atoms with Gasteiger partial charge in [-0.3, -0.25) is 9.36 Å². The van der Waals surface area contributed by atoms with E-state index in [0.29, 0.717) is 10.4 Å². The van der Waals surface area contributed by atoms with Crippen molar-refractivity contribution in [2.24, 2.45) is 7.05 Å². The Labute approximate surface area is 115 Å². The van der Waals surface area contributed by atoms with Gasteiger partial charge in [0.15, 0.2) is 0 Å². The van der Waals surface area contributed by atoms with Gasteiger partial charge in [-0.05, 0) is 34.1 Å². The van der Waals surface area contributed by atoms with Crippen LogP contribution in [0.5, 0.6) is 0 Å². The normalized spacial score (nSPS) is 10.6. The van der Waals surface area contributed by atoms with Crippen molar-refractivity contribution in [3.63, 3.8) is 0 Å². The third kappa shape index (κ3) is 2.06. The number of rotatable bonds is 2. The molecular weight excluding hydrogens is 320 g/mol. The highest BCUT2D eigenvalue weighted by Crippen LogP contribution is 2.33. The molecule has 18 heavy (non-hydrogen) atoms. The predicted molar refractivity (Wildman–Crippen MR) is 74.1 cm³/mol. The fourth-order valence-electron chi connectivity index (χ4n) is 1.58. The Bertz CT molecular complexity index is 690. The molecule has 0 bridgehead atoms. The molecule has 0 spiro atoms. The highest BCUT2D eigenvalue weighted by atomic mass is 79.9. The van der Waals surface area contributed by atoms with Crippen LogP contribution >= 0.6 is 27.3 Å². The third-order valence-electron chi connectivity index (χ3n) is 2.52. The number of anilines is 1. The standard InChI is InChI=1S/C11H9BrN2O3S/c1-14-8(13)4-5(6-2-3-7(12)18-6)9(10(14)15)11(16)17/h2-4H,13H2,1H3,(H,16,17). The average Bonchev–Trinajstić information content (AvgIpc) is 2.71. The van der Waals surface area contributed by atoms with Crippen molar-refractivity contribution in [3.05, 3.63) is 37.9 Å². The third-order valence-corrected chi connectivity index (χ3v) is 4.18. The van der Waals surface area contributed by atoms with Gasteiger partial charge >= 0.3 is 5.97 Å². The van der Waals surface area contributed by atoms with Gasteiger partial charge in [-0.15, -0.1) is 11.3 Å². The zero-order chi connectivity index (χ0) is 13.4. The molecule has 0 aromatic carbocycles. The number of nitrogen functional groups attached to an aromatic ring is 1. The molecule has 0 radical (unpaired) electrons. The number of aromatic carboxylic acids is 1. The van der Waals surface area contributed by atoms with Crippen LogP contribution in [0, 0.1) is 0 Å². The number of nitrogens with two attached hydrogens (primary N) is 1. The molecule has 0 unspecified atom stereocenters. The molecule has 2 heterocycles. The first-order chi connectivity index (χ1) is 8.41. The molecule has 0 atom stereocenters. The van der Waals surface area contributed by atoms with E-state index in [0.717, 1.165) is 8.35 Å². The molecule has 0 amide bonds. The Morgan fingerprint density at radius 2 is 2.17 bits per heavy atom. The largest absolute Gasteiger partial charge is 0.477 e. The van der Waals surface area contributed by atoms with E-state index in [1.165, 1.54) is 24.5 Å². The van der Waals surface area contributed by atoms with Crippen LogP contribution < -0.4 is 11.3 Å². The second kappa shape index (κ2) is 4.58. The van der Waals surface area contributed by atoms with Gasteiger partial charge in [0.25, 0.3) is 5.56 Å². The summed E-state index contributed by atoms with van der Waals surface area (Å²) in [4.78, 5) is 23.8. The molecule has 5 nitrogen and oxygen atoms in total. The van der Waals surface area contributed by atoms with Crippen LogP contribution in [0.1, 0.15) is 10.4 Å². The maximum atomic E-state index is 11.9. The number of hydrogen-bond acceptors (Lipinski definition) is 4. The summed E-state index contributed by atoms with van der Waals surface area (Å²) < 4.78 is 1.98. The number of halogens is 1. The smallest absolute Gasteiger partial charge is 0.342 e. The van der Waals surface area contributed by atoms with E-state index in [2.05, 4.69) is 15.9 Å². The van der Waals surface area contributed by atoms with Gasteiger partial charge < -0.3 is 10.8 Å². The molecule has 2 aromatic heterocycles. The van der Waals surface area contributed by atoms with Crippen LogP contribution in [0.3, 0.4) is 0 Å². The summed E-state index contributed by atoms with van der Waals surface area (Å²) in [7, 11) is 1.44. The Balaban J connectivity index is 2.82. The Morgan fingerprint density at radius 1 is 1.50 bits per heavy atom. The monoisotopic (exact) mass is 328 g/mol. The van der Waals surface area contributed by atoms with Gasteiger partial charge in [0.2, 0.25) is 0 Å². The second-order valence-electron chi connectivity index (χ2n) is 3.63. The number of hydrogen-bond donors (Lipinski definition) is 2. The molecule has 2 aromatic rings. The van der Waals surface area contributed by atoms with E-state index >= 15 is 0 Å². The molecule has 0 saturated heterocycles. The van der Waals surface area contributed by atoms with Crippen LogP contribution in [0.25, 0.3) is 10.4 Å². The maximum absolute atomic E-state index is 11.9. The van der Waals surface area contributed by atoms with Crippen molar-refractivity contribution in [1.29, 1.82) is 0 Å². The van der Waals surface area contributed by atoms with Crippen molar-refractivity contribution in [2.45, 2.75) is 0 Å². The van der Waals surface area contributed by atoms with Crippen LogP contribution in [0.2, 0.25) is 0 Å². The first-order valence-electron chi connectivity index (χ1n) is 4.90. The Kier molecular flexibility index (Phi) is 3.27. The Hall–Kier alpha value is -1.60. The molecule has 0 saturated carbocycles. The fourth-order valence-corrected chi connectivity index (χ4v) is 2.99. The second-order valence-corrected chi connectivity index (χ2v) is 6.09. The maximum Gasteiger partial charge on any atom is 0.342 e. The lowest BCUT2D eigenvalue weighted by Crippen LogP contribution is -2.27. The van der Waals surface area contributed by atoms with Crippen LogP contribution in [-0.4, -0.2) is 15.6 Å². The number of nitrogens with zero attached hydrogens (tertiary/aromatic N) is 1. The lowest BCUT2D eigenvalue weighted by Gasteiger charge is -2.09. The van der Waals surface area contributed by atoms with Crippen LogP contribution in [-0.2, 0) is 7.05 Å². The van der Waals surface area contributed by atoms with Crippen molar-refractivity contribution in [1.82, 2.24) is 4.57 Å². The van der Waals surface area contributed by atoms with E-state index in [9.17, 15) is 9.59 Å². The predicted octanol–water partition coefficient (Wildman–Crippen LogP) is 2.16. The summed E-state index contributed by atoms with van der Waals surface area (Å²) in [5.41, 5.74) is 5.17. The minimum Gasteiger partial charge on any atom is -0.477 e. The first kappa shape index (κ1) is 12.8. The van der Waals surface area contributed by atoms with E-state index in [1.54, 1.807) is 12.1 Å². The van der Waals surface area contributed by atoms with Crippen molar-refractivity contribution in [3.8, 4) is 10.4 Å². The summed E-state index contributed by atoms with van der Waals surface area (Å²) in [6.45, 7) is 0. The molecule has 7 heteroatoms. The Morgan fingerprint density at radius 3 is 2.67 bits per heavy atom. The lowest BCUT2D eigenvalue weighted by molar-refractivity contribution is 0.0695. The van der Waals surface area contributed by atoms with E-state index in [-0.39, 0.29) is 11.4 Å². The van der Waals surface area contributed by atoms with Gasteiger partial charge in [0.1, 0.15) is 11.4 Å². The highest BCUT2D eigenvalue weighted by molar-refractivity contribution is 9.11. The molecule has 0 fully saturated rings. The summed E-state index contributed by atoms with van der Waals surface area (Å²) in [5.74, 6) is -1.03. The molecule has 2 rings (SSSR count). The van der Waals surface area contributed by atoms with Crippen molar-refractivity contribution >= 4 is 39.1 Å². The lowest BCUT2D eigenvalue weighted by atomic mass is 10.1. The summed E-state index contributed by atoms with van der Waals surface area (Å²) >= 11 is 4.64. The van der Waals surface area contributed by atoms with Crippen LogP contribution in [0.4, 0.5) is 5.82 Å². The fraction of sp³-hybridized carbons (Fsp3) is 0.0909. The minimum absolute atomic E-state index is 0.226. The van der Waals surface area contributed by atoms with E-state index in [4.69, 9.17) is 10.8 Å². The summed E-state index contributed by atoms with van der Waals surface area (Å²) in [6.07, 6.45) is 0. The van der Waals surface area contributed by atoms with E-state index < -0.39 is 11.5 Å². The molecule has 0 aliphatic rings. The first-order valence-corrected chi connectivity index (χ1v) is 6.51. The molecule has 94 valence electrons. The van der Waals surface area contributed by atoms with Gasteiger partial charge in [-0.2, -0.15) is 0 Å². The number of carbonyl (C=O) groups is 1. The summed E-state index contributed by atoms with van der Waals surface area (Å²) in [5, 5.41) is 9.17. The number of thiophene rings is 1. The number of carboxylic acid groups (broad SMARTS) is 1. The van der Waals surface area contributed by atoms with Gasteiger partial charge in [-0.25, -0.2) is 4.79 Å². The van der Waals surface area contributed by atoms with Crippen molar-refractivity contribution in [2.75, 3.05) is 5.73 Å². The van der Waals surface area contributed by atoms with Gasteiger partial charge in [0.05, 0.1) is 3.79 Å². The zero-order valence-corrected chi connectivity index (χ0v) is 11.7. The van der Waals surface area contributed by atoms with Crippen LogP contribution in [0.15, 0.2) is 26.8 Å². The number of aromatic nitrogens is 1. The zero-order valence-electron chi connectivity index (χ0n) is 9.31. The average molecular weight is 329 g/mol. The van der Waals surface area contributed by atoms with E-state index in [1.807, 2.05) is 0 Å². The SMILES string of the molecule is Cn1c(N)cc(-c2ccc(Br)s2)c(C(=O)O)c1=O. The summed E-state index contributed by atoms with van der Waals surface area (Å²) in [6, 6.07) is 5.04. The molecule has 0 aliphatic heterocycles. The highest BCUT2D eigenvalue weighted by Gasteiger charge is 2.20. The molecule has 0 aliphatic carbocycles. The van der Waals surface area contributed by atoms with Crippen molar-refractivity contribution < 1.29 is 9.90 Å². The van der Waals surface area contributed by atoms with Gasteiger partial charge in [-0.1, -0.05) is 0 Å².